The molecule has 2 aromatic carbocycles. The lowest BCUT2D eigenvalue weighted by Gasteiger charge is -2.30. The normalized spacial score (nSPS) is 20.4. The van der Waals surface area contributed by atoms with Crippen molar-refractivity contribution in [3.63, 3.8) is 0 Å². The van der Waals surface area contributed by atoms with Gasteiger partial charge in [-0.3, -0.25) is 4.79 Å². The Morgan fingerprint density at radius 3 is 2.45 bits per heavy atom. The second kappa shape index (κ2) is 4.92. The highest BCUT2D eigenvalue weighted by atomic mass is 16.5. The van der Waals surface area contributed by atoms with E-state index < -0.39 is 23.7 Å². The van der Waals surface area contributed by atoms with Gasteiger partial charge in [-0.05, 0) is 24.1 Å². The lowest BCUT2D eigenvalue weighted by atomic mass is 9.92. The molecule has 3 rings (SSSR count). The molecule has 1 aliphatic rings. The number of phenolic OH excluding ortho intramolecular Hbond substituents is 3. The molecule has 4 N–H and O–H groups in total. The summed E-state index contributed by atoms with van der Waals surface area (Å²) in [5.74, 6) is -1.41. The van der Waals surface area contributed by atoms with Crippen LogP contribution in [0.5, 0.6) is 23.0 Å². The van der Waals surface area contributed by atoms with Crippen molar-refractivity contribution in [1.82, 2.24) is 0 Å². The molecule has 6 heteroatoms. The maximum Gasteiger partial charge on any atom is 0.202 e. The van der Waals surface area contributed by atoms with E-state index in [4.69, 9.17) is 4.74 Å². The maximum atomic E-state index is 12.3. The SMILES string of the molecule is Cc1ccc(C2Oc3cc(O)cc(O)c3C(=O)C2O)cc1O. The van der Waals surface area contributed by atoms with Gasteiger partial charge < -0.3 is 25.2 Å². The van der Waals surface area contributed by atoms with E-state index in [1.807, 2.05) is 0 Å². The average molecular weight is 302 g/mol. The van der Waals surface area contributed by atoms with Gasteiger partial charge in [-0.15, -0.1) is 0 Å². The summed E-state index contributed by atoms with van der Waals surface area (Å²) in [6, 6.07) is 6.87. The summed E-state index contributed by atoms with van der Waals surface area (Å²) in [5, 5.41) is 39.2. The molecule has 0 amide bonds. The number of phenols is 3. The van der Waals surface area contributed by atoms with E-state index in [1.165, 1.54) is 12.1 Å². The van der Waals surface area contributed by atoms with Gasteiger partial charge in [0.1, 0.15) is 28.6 Å². The predicted molar refractivity (Wildman–Crippen MR) is 76.3 cm³/mol. The number of aromatic hydroxyl groups is 3. The molecule has 22 heavy (non-hydrogen) atoms. The fourth-order valence-corrected chi connectivity index (χ4v) is 2.47. The third-order valence-electron chi connectivity index (χ3n) is 3.68. The summed E-state index contributed by atoms with van der Waals surface area (Å²) < 4.78 is 5.56. The first-order chi connectivity index (χ1) is 10.4. The number of aryl methyl sites for hydroxylation is 1. The first-order valence-electron chi connectivity index (χ1n) is 6.63. The molecule has 0 saturated carbocycles. The number of aliphatic hydroxyl groups is 1. The molecule has 114 valence electrons. The Hall–Kier alpha value is -2.73. The molecule has 6 nitrogen and oxygen atoms in total. The first kappa shape index (κ1) is 14.2. The molecular formula is C16H14O6. The number of aliphatic hydroxyl groups excluding tert-OH is 1. The van der Waals surface area contributed by atoms with Crippen LogP contribution < -0.4 is 4.74 Å². The van der Waals surface area contributed by atoms with Crippen LogP contribution >= 0.6 is 0 Å². The zero-order valence-corrected chi connectivity index (χ0v) is 11.6. The van der Waals surface area contributed by atoms with Gasteiger partial charge in [-0.2, -0.15) is 0 Å². The van der Waals surface area contributed by atoms with Crippen LogP contribution in [-0.4, -0.2) is 32.3 Å². The quantitative estimate of drug-likeness (QED) is 0.640. The van der Waals surface area contributed by atoms with Crippen molar-refractivity contribution in [2.75, 3.05) is 0 Å². The van der Waals surface area contributed by atoms with Gasteiger partial charge in [0.25, 0.3) is 0 Å². The van der Waals surface area contributed by atoms with E-state index in [-0.39, 0.29) is 22.8 Å². The fourth-order valence-electron chi connectivity index (χ4n) is 2.47. The van der Waals surface area contributed by atoms with E-state index in [1.54, 1.807) is 19.1 Å². The fraction of sp³-hybridized carbons (Fsp3) is 0.188. The number of rotatable bonds is 1. The molecule has 2 atom stereocenters. The van der Waals surface area contributed by atoms with Crippen LogP contribution in [0.3, 0.4) is 0 Å². The molecule has 0 spiro atoms. The van der Waals surface area contributed by atoms with Gasteiger partial charge in [-0.1, -0.05) is 12.1 Å². The monoisotopic (exact) mass is 302 g/mol. The molecule has 0 radical (unpaired) electrons. The van der Waals surface area contributed by atoms with Crippen molar-refractivity contribution in [3.8, 4) is 23.0 Å². The molecule has 0 bridgehead atoms. The topological polar surface area (TPSA) is 107 Å². The van der Waals surface area contributed by atoms with E-state index in [2.05, 4.69) is 0 Å². The Morgan fingerprint density at radius 1 is 1.05 bits per heavy atom. The van der Waals surface area contributed by atoms with E-state index in [0.717, 1.165) is 6.07 Å². The second-order valence-electron chi connectivity index (χ2n) is 5.23. The van der Waals surface area contributed by atoms with Crippen molar-refractivity contribution in [2.45, 2.75) is 19.1 Å². The maximum absolute atomic E-state index is 12.3. The Bertz CT molecular complexity index is 767. The number of hydrogen-bond acceptors (Lipinski definition) is 6. The summed E-state index contributed by atoms with van der Waals surface area (Å²) in [7, 11) is 0. The number of Topliss-reactive ketones (excluding diaryl/α,β-unsaturated/α-hetero) is 1. The van der Waals surface area contributed by atoms with Crippen LogP contribution in [0.4, 0.5) is 0 Å². The highest BCUT2D eigenvalue weighted by Crippen LogP contribution is 2.42. The number of ketones is 1. The molecule has 0 saturated heterocycles. The molecule has 0 aliphatic carbocycles. The minimum Gasteiger partial charge on any atom is -0.508 e. The van der Waals surface area contributed by atoms with Gasteiger partial charge in [0.05, 0.1) is 0 Å². The third kappa shape index (κ3) is 2.14. The lowest BCUT2D eigenvalue weighted by molar-refractivity contribution is 0.0210. The highest BCUT2D eigenvalue weighted by molar-refractivity contribution is 6.05. The molecular weight excluding hydrogens is 288 g/mol. The second-order valence-corrected chi connectivity index (χ2v) is 5.23. The van der Waals surface area contributed by atoms with Crippen LogP contribution in [0, 0.1) is 6.92 Å². The van der Waals surface area contributed by atoms with Crippen molar-refractivity contribution in [1.29, 1.82) is 0 Å². The van der Waals surface area contributed by atoms with Crippen LogP contribution in [0.15, 0.2) is 30.3 Å². The largest absolute Gasteiger partial charge is 0.508 e. The van der Waals surface area contributed by atoms with Crippen molar-refractivity contribution >= 4 is 5.78 Å². The summed E-state index contributed by atoms with van der Waals surface area (Å²) in [6.45, 7) is 1.72. The van der Waals surface area contributed by atoms with Crippen molar-refractivity contribution < 1.29 is 30.0 Å². The summed E-state index contributed by atoms with van der Waals surface area (Å²) >= 11 is 0. The Kier molecular flexibility index (Phi) is 3.18. The van der Waals surface area contributed by atoms with Crippen molar-refractivity contribution in [3.05, 3.63) is 47.0 Å². The van der Waals surface area contributed by atoms with Gasteiger partial charge in [0.15, 0.2) is 12.2 Å². The Morgan fingerprint density at radius 2 is 1.77 bits per heavy atom. The average Bonchev–Trinajstić information content (AvgIpc) is 2.45. The zero-order chi connectivity index (χ0) is 16.0. The molecule has 1 heterocycles. The van der Waals surface area contributed by atoms with Gasteiger partial charge in [0.2, 0.25) is 5.78 Å². The number of benzene rings is 2. The van der Waals surface area contributed by atoms with Crippen LogP contribution in [-0.2, 0) is 0 Å². The Labute approximate surface area is 125 Å². The lowest BCUT2D eigenvalue weighted by Crippen LogP contribution is -2.36. The molecule has 0 aromatic heterocycles. The molecule has 2 unspecified atom stereocenters. The summed E-state index contributed by atoms with van der Waals surface area (Å²) in [5.41, 5.74) is 0.895. The number of hydrogen-bond donors (Lipinski definition) is 4. The minimum atomic E-state index is -1.52. The molecule has 0 fully saturated rings. The molecule has 2 aromatic rings. The van der Waals surface area contributed by atoms with Gasteiger partial charge >= 0.3 is 0 Å². The number of carbonyl (C=O) groups is 1. The number of carbonyl (C=O) groups excluding carboxylic acids is 1. The number of ether oxygens (including phenoxy) is 1. The van der Waals surface area contributed by atoms with Crippen molar-refractivity contribution in [2.24, 2.45) is 0 Å². The molecule has 1 aliphatic heterocycles. The van der Waals surface area contributed by atoms with E-state index in [9.17, 15) is 25.2 Å². The zero-order valence-electron chi connectivity index (χ0n) is 11.6. The van der Waals surface area contributed by atoms with Crippen LogP contribution in [0.1, 0.15) is 27.6 Å². The van der Waals surface area contributed by atoms with Crippen LogP contribution in [0.25, 0.3) is 0 Å². The van der Waals surface area contributed by atoms with Crippen LogP contribution in [0.2, 0.25) is 0 Å². The van der Waals surface area contributed by atoms with E-state index >= 15 is 0 Å². The van der Waals surface area contributed by atoms with Gasteiger partial charge in [0, 0.05) is 12.1 Å². The number of fused-ring (bicyclic) bond motifs is 1. The van der Waals surface area contributed by atoms with Gasteiger partial charge in [-0.25, -0.2) is 0 Å². The summed E-state index contributed by atoms with van der Waals surface area (Å²) in [4.78, 5) is 12.3. The first-order valence-corrected chi connectivity index (χ1v) is 6.63. The Balaban J connectivity index is 2.08. The standard InChI is InChI=1S/C16H14O6/c1-7-2-3-8(4-10(7)18)16-15(21)14(20)13-11(19)5-9(17)6-12(13)22-16/h2-6,15-19,21H,1H3. The third-order valence-corrected chi connectivity index (χ3v) is 3.68. The highest BCUT2D eigenvalue weighted by Gasteiger charge is 2.39. The smallest absolute Gasteiger partial charge is 0.202 e. The predicted octanol–water partition coefficient (Wildman–Crippen LogP) is 1.79. The summed E-state index contributed by atoms with van der Waals surface area (Å²) in [6.07, 6.45) is -2.56. The minimum absolute atomic E-state index is 0.0159. The van der Waals surface area contributed by atoms with E-state index in [0.29, 0.717) is 11.1 Å².